The smallest absolute Gasteiger partial charge is 0.236 e. The van der Waals surface area contributed by atoms with Crippen molar-refractivity contribution in [3.63, 3.8) is 0 Å². The summed E-state index contributed by atoms with van der Waals surface area (Å²) < 4.78 is 26.5. The number of pyridine rings is 1. The van der Waals surface area contributed by atoms with Crippen LogP contribution < -0.4 is 5.32 Å². The molecule has 1 aromatic heterocycles. The average molecular weight is 400 g/mol. The van der Waals surface area contributed by atoms with Crippen LogP contribution in [0.1, 0.15) is 36.9 Å². The molecular weight excluding hydrogens is 374 g/mol. The van der Waals surface area contributed by atoms with Gasteiger partial charge in [-0.25, -0.2) is 8.42 Å². The number of aromatic nitrogens is 1. The Balaban J connectivity index is 1.53. The molecule has 1 aliphatic heterocycles. The summed E-state index contributed by atoms with van der Waals surface area (Å²) >= 11 is 0. The van der Waals surface area contributed by atoms with Crippen LogP contribution in [-0.2, 0) is 14.8 Å². The third kappa shape index (κ3) is 5.27. The van der Waals surface area contributed by atoms with Gasteiger partial charge in [0, 0.05) is 36.8 Å². The number of nitrogens with one attached hydrogen (secondary N) is 1. The van der Waals surface area contributed by atoms with Gasteiger partial charge in [0.2, 0.25) is 15.9 Å². The highest BCUT2D eigenvalue weighted by Crippen LogP contribution is 2.22. The molecule has 0 bridgehead atoms. The highest BCUT2D eigenvalue weighted by Gasteiger charge is 2.30. The van der Waals surface area contributed by atoms with Crippen LogP contribution in [0, 0.1) is 5.92 Å². The molecule has 6 nitrogen and oxygen atoms in total. The van der Waals surface area contributed by atoms with Gasteiger partial charge < -0.3 is 5.32 Å². The second-order valence-corrected chi connectivity index (χ2v) is 8.77. The summed E-state index contributed by atoms with van der Waals surface area (Å²) in [7, 11) is -3.48. The zero-order valence-corrected chi connectivity index (χ0v) is 16.7. The third-order valence-electron chi connectivity index (χ3n) is 4.96. The predicted octanol–water partition coefficient (Wildman–Crippen LogP) is 2.97. The summed E-state index contributed by atoms with van der Waals surface area (Å²) in [5.74, 6) is -0.211. The van der Waals surface area contributed by atoms with E-state index in [1.807, 2.05) is 49.4 Å². The molecule has 0 saturated carbocycles. The average Bonchev–Trinajstić information content (AvgIpc) is 2.74. The summed E-state index contributed by atoms with van der Waals surface area (Å²) in [5.41, 5.74) is 1.78. The molecule has 2 heterocycles. The molecule has 7 heteroatoms. The largest absolute Gasteiger partial charge is 0.349 e. The molecule has 148 valence electrons. The minimum Gasteiger partial charge on any atom is -0.349 e. The van der Waals surface area contributed by atoms with Crippen LogP contribution in [0.3, 0.4) is 0 Å². The lowest BCUT2D eigenvalue weighted by Gasteiger charge is -2.30. The molecule has 1 N–H and O–H groups in total. The van der Waals surface area contributed by atoms with Gasteiger partial charge in [-0.3, -0.25) is 9.78 Å². The van der Waals surface area contributed by atoms with E-state index in [0.29, 0.717) is 25.9 Å². The summed E-state index contributed by atoms with van der Waals surface area (Å²) in [6, 6.07) is 13.0. The first kappa shape index (κ1) is 20.2. The molecule has 1 saturated heterocycles. The number of hydrogen-bond acceptors (Lipinski definition) is 4. The van der Waals surface area contributed by atoms with E-state index in [2.05, 4.69) is 10.3 Å². The second kappa shape index (κ2) is 9.12. The van der Waals surface area contributed by atoms with E-state index >= 15 is 0 Å². The van der Waals surface area contributed by atoms with Crippen LogP contribution in [0.5, 0.6) is 0 Å². The fraction of sp³-hybridized carbons (Fsp3) is 0.333. The first-order valence-corrected chi connectivity index (χ1v) is 10.9. The van der Waals surface area contributed by atoms with E-state index in [9.17, 15) is 13.2 Å². The summed E-state index contributed by atoms with van der Waals surface area (Å²) in [6.07, 6.45) is 6.07. The van der Waals surface area contributed by atoms with E-state index in [4.69, 9.17) is 0 Å². The number of benzene rings is 1. The van der Waals surface area contributed by atoms with Crippen molar-refractivity contribution in [2.45, 2.75) is 25.8 Å². The number of nitrogens with zero attached hydrogens (tertiary/aromatic N) is 2. The first-order valence-electron chi connectivity index (χ1n) is 9.39. The molecular formula is C21H25N3O3S. The summed E-state index contributed by atoms with van der Waals surface area (Å²) in [6.45, 7) is 2.62. The van der Waals surface area contributed by atoms with E-state index in [1.165, 1.54) is 9.71 Å². The monoisotopic (exact) mass is 399 g/mol. The molecule has 1 aliphatic rings. The molecule has 2 aromatic rings. The van der Waals surface area contributed by atoms with Crippen molar-refractivity contribution in [2.24, 2.45) is 5.92 Å². The Morgan fingerprint density at radius 3 is 2.54 bits per heavy atom. The van der Waals surface area contributed by atoms with Gasteiger partial charge in [-0.15, -0.1) is 0 Å². The van der Waals surface area contributed by atoms with E-state index in [-0.39, 0.29) is 17.9 Å². The fourth-order valence-electron chi connectivity index (χ4n) is 3.23. The lowest BCUT2D eigenvalue weighted by molar-refractivity contribution is -0.126. The van der Waals surface area contributed by atoms with Crippen LogP contribution in [0.15, 0.2) is 60.3 Å². The molecule has 1 unspecified atom stereocenters. The molecule has 1 aromatic carbocycles. The number of rotatable bonds is 6. The maximum atomic E-state index is 12.5. The van der Waals surface area contributed by atoms with Gasteiger partial charge in [0.1, 0.15) is 0 Å². The Hall–Kier alpha value is -2.51. The van der Waals surface area contributed by atoms with Gasteiger partial charge in [0.15, 0.2) is 0 Å². The van der Waals surface area contributed by atoms with Crippen LogP contribution in [0.2, 0.25) is 0 Å². The van der Waals surface area contributed by atoms with Gasteiger partial charge in [-0.05, 0) is 43.0 Å². The second-order valence-electron chi connectivity index (χ2n) is 6.95. The number of piperidine rings is 1. The van der Waals surface area contributed by atoms with Crippen molar-refractivity contribution in [3.05, 3.63) is 71.4 Å². The Bertz CT molecular complexity index is 906. The summed E-state index contributed by atoms with van der Waals surface area (Å²) in [5, 5.41) is 4.25. The SMILES string of the molecule is CC(NC(=O)C1CCN(S(=O)(=O)/C=C/c2ccccc2)CC1)c1cccnc1. The normalized spacial score (nSPS) is 17.5. The summed E-state index contributed by atoms with van der Waals surface area (Å²) in [4.78, 5) is 16.6. The molecule has 1 amide bonds. The van der Waals surface area contributed by atoms with Gasteiger partial charge in [-0.1, -0.05) is 36.4 Å². The fourth-order valence-corrected chi connectivity index (χ4v) is 4.45. The first-order chi connectivity index (χ1) is 13.5. The number of hydrogen-bond donors (Lipinski definition) is 1. The lowest BCUT2D eigenvalue weighted by atomic mass is 9.96. The highest BCUT2D eigenvalue weighted by atomic mass is 32.2. The van der Waals surface area contributed by atoms with Gasteiger partial charge >= 0.3 is 0 Å². The lowest BCUT2D eigenvalue weighted by Crippen LogP contribution is -2.42. The minimum atomic E-state index is -3.48. The van der Waals surface area contributed by atoms with Crippen molar-refractivity contribution in [1.82, 2.24) is 14.6 Å². The maximum Gasteiger partial charge on any atom is 0.236 e. The van der Waals surface area contributed by atoms with Crippen molar-refractivity contribution in [3.8, 4) is 0 Å². The van der Waals surface area contributed by atoms with Gasteiger partial charge in [-0.2, -0.15) is 4.31 Å². The molecule has 0 spiro atoms. The highest BCUT2D eigenvalue weighted by molar-refractivity contribution is 7.92. The van der Waals surface area contributed by atoms with Crippen molar-refractivity contribution < 1.29 is 13.2 Å². The quantitative estimate of drug-likeness (QED) is 0.810. The minimum absolute atomic E-state index is 0.0340. The molecule has 28 heavy (non-hydrogen) atoms. The zero-order chi connectivity index (χ0) is 20.0. The van der Waals surface area contributed by atoms with E-state index in [1.54, 1.807) is 18.5 Å². The molecule has 0 aliphatic carbocycles. The van der Waals surface area contributed by atoms with Crippen LogP contribution >= 0.6 is 0 Å². The number of sulfonamides is 1. The molecule has 1 fully saturated rings. The third-order valence-corrected chi connectivity index (χ3v) is 6.52. The molecule has 3 rings (SSSR count). The van der Waals surface area contributed by atoms with E-state index < -0.39 is 10.0 Å². The van der Waals surface area contributed by atoms with Gasteiger partial charge in [0.05, 0.1) is 6.04 Å². The Labute approximate surface area is 166 Å². The molecule has 0 radical (unpaired) electrons. The standard InChI is InChI=1S/C21H25N3O3S/c1-17(20-8-5-12-22-16-20)23-21(25)19-9-13-24(14-10-19)28(26,27)15-11-18-6-3-2-4-7-18/h2-8,11-12,15-17,19H,9-10,13-14H2,1H3,(H,23,25)/b15-11+. The molecule has 1 atom stereocenters. The van der Waals surface area contributed by atoms with Crippen molar-refractivity contribution >= 4 is 22.0 Å². The number of carbonyl (C=O) groups is 1. The topological polar surface area (TPSA) is 79.4 Å². The van der Waals surface area contributed by atoms with Crippen LogP contribution in [0.4, 0.5) is 0 Å². The number of amides is 1. The van der Waals surface area contributed by atoms with Crippen molar-refractivity contribution in [1.29, 1.82) is 0 Å². The maximum absolute atomic E-state index is 12.5. The Morgan fingerprint density at radius 1 is 1.18 bits per heavy atom. The van der Waals surface area contributed by atoms with Crippen molar-refractivity contribution in [2.75, 3.05) is 13.1 Å². The Morgan fingerprint density at radius 2 is 1.89 bits per heavy atom. The van der Waals surface area contributed by atoms with Gasteiger partial charge in [0.25, 0.3) is 0 Å². The number of carbonyl (C=O) groups excluding carboxylic acids is 1. The Kier molecular flexibility index (Phi) is 6.59. The van der Waals surface area contributed by atoms with E-state index in [0.717, 1.165) is 11.1 Å². The zero-order valence-electron chi connectivity index (χ0n) is 15.9. The van der Waals surface area contributed by atoms with Crippen LogP contribution in [0.25, 0.3) is 6.08 Å². The predicted molar refractivity (Wildman–Crippen MR) is 109 cm³/mol. The van der Waals surface area contributed by atoms with Crippen LogP contribution in [-0.4, -0.2) is 36.7 Å².